The smallest absolute Gasteiger partial charge is 0.257 e. The van der Waals surface area contributed by atoms with E-state index in [1.165, 1.54) is 6.07 Å². The number of phenolic OH excluding ortho intramolecular Hbond substituents is 1. The van der Waals surface area contributed by atoms with Gasteiger partial charge in [-0.3, -0.25) is 0 Å². The van der Waals surface area contributed by atoms with Crippen molar-refractivity contribution < 1.29 is 13.9 Å². The van der Waals surface area contributed by atoms with E-state index in [1.54, 1.807) is 13.0 Å². The summed E-state index contributed by atoms with van der Waals surface area (Å²) in [5.74, 6) is -0.349. The maximum Gasteiger partial charge on any atom is 0.257 e. The number of rotatable bonds is 2. The molecule has 3 nitrogen and oxygen atoms in total. The van der Waals surface area contributed by atoms with Crippen LogP contribution >= 0.6 is 12.4 Å². The SMILES string of the molecule is Cc1ccc(N)c(O)c1[C@H](N)C(F)F.Cl. The highest BCUT2D eigenvalue weighted by atomic mass is 35.5. The van der Waals surface area contributed by atoms with Crippen molar-refractivity contribution in [1.82, 2.24) is 0 Å². The number of nitrogen functional groups attached to an aromatic ring is 1. The largest absolute Gasteiger partial charge is 0.505 e. The molecule has 15 heavy (non-hydrogen) atoms. The minimum absolute atomic E-state index is 0. The normalized spacial score (nSPS) is 12.3. The quantitative estimate of drug-likeness (QED) is 0.545. The molecule has 0 bridgehead atoms. The summed E-state index contributed by atoms with van der Waals surface area (Å²) in [6.45, 7) is 1.59. The lowest BCUT2D eigenvalue weighted by Crippen LogP contribution is -2.20. The summed E-state index contributed by atoms with van der Waals surface area (Å²) >= 11 is 0. The first-order valence-electron chi connectivity index (χ1n) is 4.06. The molecule has 0 aromatic heterocycles. The number of hydrogen-bond acceptors (Lipinski definition) is 3. The zero-order valence-corrected chi connectivity index (χ0v) is 8.89. The van der Waals surface area contributed by atoms with Gasteiger partial charge in [0.2, 0.25) is 0 Å². The molecule has 86 valence electrons. The molecule has 0 aliphatic rings. The average Bonchev–Trinajstić information content (AvgIpc) is 2.12. The molecule has 0 fully saturated rings. The molecule has 5 N–H and O–H groups in total. The molecule has 0 unspecified atom stereocenters. The van der Waals surface area contributed by atoms with Gasteiger partial charge in [-0.05, 0) is 18.6 Å². The second-order valence-corrected chi connectivity index (χ2v) is 3.09. The predicted molar refractivity (Wildman–Crippen MR) is 57.4 cm³/mol. The van der Waals surface area contributed by atoms with E-state index in [-0.39, 0.29) is 29.4 Å². The van der Waals surface area contributed by atoms with Gasteiger partial charge in [0, 0.05) is 5.56 Å². The van der Waals surface area contributed by atoms with E-state index in [4.69, 9.17) is 11.5 Å². The number of hydrogen-bond donors (Lipinski definition) is 3. The van der Waals surface area contributed by atoms with Gasteiger partial charge < -0.3 is 16.6 Å². The lowest BCUT2D eigenvalue weighted by Gasteiger charge is -2.16. The van der Waals surface area contributed by atoms with Gasteiger partial charge in [-0.1, -0.05) is 6.07 Å². The third-order valence-corrected chi connectivity index (χ3v) is 2.07. The maximum absolute atomic E-state index is 12.3. The molecule has 1 atom stereocenters. The van der Waals surface area contributed by atoms with E-state index in [9.17, 15) is 13.9 Å². The van der Waals surface area contributed by atoms with Gasteiger partial charge in [0.1, 0.15) is 5.75 Å². The number of alkyl halides is 2. The first-order valence-corrected chi connectivity index (χ1v) is 4.06. The van der Waals surface area contributed by atoms with Gasteiger partial charge in [-0.15, -0.1) is 12.4 Å². The molecule has 6 heteroatoms. The molecule has 0 radical (unpaired) electrons. The van der Waals surface area contributed by atoms with Crippen LogP contribution in [0.3, 0.4) is 0 Å². The van der Waals surface area contributed by atoms with Gasteiger partial charge >= 0.3 is 0 Å². The molecule has 0 saturated carbocycles. The van der Waals surface area contributed by atoms with E-state index in [1.807, 2.05) is 0 Å². The van der Waals surface area contributed by atoms with Crippen LogP contribution < -0.4 is 11.5 Å². The fourth-order valence-corrected chi connectivity index (χ4v) is 1.27. The number of aryl methyl sites for hydroxylation is 1. The van der Waals surface area contributed by atoms with Crippen molar-refractivity contribution in [3.63, 3.8) is 0 Å². The van der Waals surface area contributed by atoms with Crippen LogP contribution in [-0.2, 0) is 0 Å². The highest BCUT2D eigenvalue weighted by molar-refractivity contribution is 5.85. The van der Waals surface area contributed by atoms with Crippen molar-refractivity contribution in [3.8, 4) is 5.75 Å². The van der Waals surface area contributed by atoms with Crippen molar-refractivity contribution in [2.75, 3.05) is 5.73 Å². The number of benzene rings is 1. The number of aromatic hydroxyl groups is 1. The Labute approximate surface area is 92.5 Å². The first kappa shape index (κ1) is 13.9. The standard InChI is InChI=1S/C9H12F2N2O.ClH/c1-4-2-3-5(12)8(14)6(4)7(13)9(10)11;/h2-3,7,9,14H,12-13H2,1H3;1H/t7-;/m0./s1. The summed E-state index contributed by atoms with van der Waals surface area (Å²) in [6.07, 6.45) is -2.72. The third kappa shape index (κ3) is 2.70. The fraction of sp³-hybridized carbons (Fsp3) is 0.333. The van der Waals surface area contributed by atoms with E-state index < -0.39 is 12.5 Å². The van der Waals surface area contributed by atoms with Gasteiger partial charge in [0.15, 0.2) is 0 Å². The summed E-state index contributed by atoms with van der Waals surface area (Å²) in [5, 5.41) is 9.46. The Bertz CT molecular complexity index is 347. The third-order valence-electron chi connectivity index (χ3n) is 2.07. The van der Waals surface area contributed by atoms with Gasteiger partial charge in [0.25, 0.3) is 6.43 Å². The fourth-order valence-electron chi connectivity index (χ4n) is 1.27. The molecule has 1 aromatic rings. The summed E-state index contributed by atoms with van der Waals surface area (Å²) in [7, 11) is 0. The lowest BCUT2D eigenvalue weighted by molar-refractivity contribution is 0.115. The van der Waals surface area contributed by atoms with Crippen molar-refractivity contribution in [2.24, 2.45) is 5.73 Å². The summed E-state index contributed by atoms with van der Waals surface area (Å²) < 4.78 is 24.7. The molecule has 0 heterocycles. The Balaban J connectivity index is 0.00000196. The Kier molecular flexibility index (Phi) is 4.77. The summed E-state index contributed by atoms with van der Waals surface area (Å²) in [6, 6.07) is 1.50. The zero-order valence-electron chi connectivity index (χ0n) is 8.08. The van der Waals surface area contributed by atoms with Crippen LogP contribution in [0, 0.1) is 6.92 Å². The van der Waals surface area contributed by atoms with Crippen LogP contribution in [0.4, 0.5) is 14.5 Å². The van der Waals surface area contributed by atoms with Crippen molar-refractivity contribution in [2.45, 2.75) is 19.4 Å². The first-order chi connectivity index (χ1) is 6.45. The number of nitrogens with two attached hydrogens (primary N) is 2. The van der Waals surface area contributed by atoms with E-state index in [0.717, 1.165) is 0 Å². The van der Waals surface area contributed by atoms with Gasteiger partial charge in [-0.25, -0.2) is 8.78 Å². The second kappa shape index (κ2) is 5.14. The summed E-state index contributed by atoms with van der Waals surface area (Å²) in [4.78, 5) is 0. The zero-order chi connectivity index (χ0) is 10.9. The van der Waals surface area contributed by atoms with Crippen LogP contribution in [0.25, 0.3) is 0 Å². The molecule has 0 amide bonds. The molecule has 1 aromatic carbocycles. The minimum atomic E-state index is -2.72. The van der Waals surface area contributed by atoms with E-state index in [0.29, 0.717) is 5.56 Å². The highest BCUT2D eigenvalue weighted by Crippen LogP contribution is 2.34. The average molecular weight is 239 g/mol. The van der Waals surface area contributed by atoms with E-state index >= 15 is 0 Å². The molecule has 0 aliphatic heterocycles. The van der Waals surface area contributed by atoms with Crippen molar-refractivity contribution in [3.05, 3.63) is 23.3 Å². The van der Waals surface area contributed by atoms with Crippen LogP contribution in [0.5, 0.6) is 5.75 Å². The maximum atomic E-state index is 12.3. The predicted octanol–water partition coefficient (Wildman–Crippen LogP) is 1.97. The monoisotopic (exact) mass is 238 g/mol. The Hall–Kier alpha value is -1.07. The topological polar surface area (TPSA) is 72.3 Å². The van der Waals surface area contributed by atoms with Crippen LogP contribution in [-0.4, -0.2) is 11.5 Å². The lowest BCUT2D eigenvalue weighted by atomic mass is 10.00. The van der Waals surface area contributed by atoms with Gasteiger partial charge in [-0.2, -0.15) is 0 Å². The van der Waals surface area contributed by atoms with Gasteiger partial charge in [0.05, 0.1) is 11.7 Å². The highest BCUT2D eigenvalue weighted by Gasteiger charge is 2.23. The van der Waals surface area contributed by atoms with E-state index in [2.05, 4.69) is 0 Å². The summed E-state index contributed by atoms with van der Waals surface area (Å²) in [5.41, 5.74) is 11.2. The number of anilines is 1. The Morgan fingerprint density at radius 3 is 2.33 bits per heavy atom. The number of halogens is 3. The molecule has 0 aliphatic carbocycles. The molecule has 1 rings (SSSR count). The molecule has 0 saturated heterocycles. The molecule has 0 spiro atoms. The van der Waals surface area contributed by atoms with Crippen LogP contribution in [0.2, 0.25) is 0 Å². The minimum Gasteiger partial charge on any atom is -0.505 e. The Morgan fingerprint density at radius 1 is 1.33 bits per heavy atom. The van der Waals surface area contributed by atoms with Crippen LogP contribution in [0.15, 0.2) is 12.1 Å². The van der Waals surface area contributed by atoms with Crippen molar-refractivity contribution >= 4 is 18.1 Å². The number of phenols is 1. The Morgan fingerprint density at radius 2 is 1.87 bits per heavy atom. The molecular formula is C9H13ClF2N2O. The second-order valence-electron chi connectivity index (χ2n) is 3.09. The molecular weight excluding hydrogens is 226 g/mol. The van der Waals surface area contributed by atoms with Crippen molar-refractivity contribution in [1.29, 1.82) is 0 Å². The van der Waals surface area contributed by atoms with Crippen LogP contribution in [0.1, 0.15) is 17.2 Å².